The van der Waals surface area contributed by atoms with Gasteiger partial charge in [0.25, 0.3) is 5.91 Å². The zero-order valence-electron chi connectivity index (χ0n) is 11.8. The van der Waals surface area contributed by atoms with E-state index in [1.165, 1.54) is 12.3 Å². The third-order valence-electron chi connectivity index (χ3n) is 2.58. The zero-order valence-corrected chi connectivity index (χ0v) is 12.6. The lowest BCUT2D eigenvalue weighted by Crippen LogP contribution is -2.55. The summed E-state index contributed by atoms with van der Waals surface area (Å²) in [6.45, 7) is 4.84. The molecule has 6 nitrogen and oxygen atoms in total. The predicted octanol–water partition coefficient (Wildman–Crippen LogP) is 1.41. The van der Waals surface area contributed by atoms with Gasteiger partial charge >= 0.3 is 0 Å². The number of aliphatic imine (C=N–C) groups is 1. The minimum absolute atomic E-state index is 0.152. The Morgan fingerprint density at radius 3 is 2.60 bits per heavy atom. The minimum Gasteiger partial charge on any atom is -0.337 e. The van der Waals surface area contributed by atoms with Crippen molar-refractivity contribution in [3.63, 3.8) is 0 Å². The van der Waals surface area contributed by atoms with Crippen molar-refractivity contribution >= 4 is 29.3 Å². The number of amidine groups is 1. The van der Waals surface area contributed by atoms with Crippen LogP contribution in [0.5, 0.6) is 0 Å². The van der Waals surface area contributed by atoms with Crippen LogP contribution in [0, 0.1) is 0 Å². The molecule has 1 aromatic rings. The van der Waals surface area contributed by atoms with Crippen LogP contribution in [0.15, 0.2) is 23.3 Å². The van der Waals surface area contributed by atoms with E-state index in [0.29, 0.717) is 10.9 Å². The van der Waals surface area contributed by atoms with E-state index in [1.54, 1.807) is 33.9 Å². The van der Waals surface area contributed by atoms with Gasteiger partial charge in [-0.2, -0.15) is 0 Å². The van der Waals surface area contributed by atoms with Crippen molar-refractivity contribution in [2.24, 2.45) is 4.99 Å². The van der Waals surface area contributed by atoms with E-state index >= 15 is 0 Å². The van der Waals surface area contributed by atoms with Crippen LogP contribution in [0.25, 0.3) is 0 Å². The van der Waals surface area contributed by atoms with Gasteiger partial charge in [-0.3, -0.25) is 19.6 Å². The SMILES string of the molecule is CN=C(C)NC(=O)C(C)(C)NC(=O)c1cc(Cl)ccn1. The Labute approximate surface area is 122 Å². The number of amides is 2. The molecule has 0 aromatic carbocycles. The average Bonchev–Trinajstić information content (AvgIpc) is 2.37. The zero-order chi connectivity index (χ0) is 15.3. The maximum absolute atomic E-state index is 12.0. The van der Waals surface area contributed by atoms with Gasteiger partial charge in [-0.15, -0.1) is 0 Å². The molecule has 7 heteroatoms. The van der Waals surface area contributed by atoms with E-state index in [4.69, 9.17) is 11.6 Å². The highest BCUT2D eigenvalue weighted by Gasteiger charge is 2.30. The minimum atomic E-state index is -1.10. The van der Waals surface area contributed by atoms with Crippen molar-refractivity contribution in [3.05, 3.63) is 29.0 Å². The van der Waals surface area contributed by atoms with Crippen LogP contribution >= 0.6 is 11.6 Å². The van der Waals surface area contributed by atoms with Gasteiger partial charge in [0.1, 0.15) is 11.2 Å². The molecule has 0 bridgehead atoms. The Kier molecular flexibility index (Phi) is 5.21. The summed E-state index contributed by atoms with van der Waals surface area (Å²) in [5.74, 6) is -0.368. The van der Waals surface area contributed by atoms with E-state index in [0.717, 1.165) is 0 Å². The lowest BCUT2D eigenvalue weighted by molar-refractivity contribution is -0.124. The molecule has 20 heavy (non-hydrogen) atoms. The molecule has 0 unspecified atom stereocenters. The van der Waals surface area contributed by atoms with Crippen LogP contribution in [0.1, 0.15) is 31.3 Å². The van der Waals surface area contributed by atoms with Crippen LogP contribution in [0.4, 0.5) is 0 Å². The highest BCUT2D eigenvalue weighted by molar-refractivity contribution is 6.30. The number of nitrogens with one attached hydrogen (secondary N) is 2. The van der Waals surface area contributed by atoms with Gasteiger partial charge < -0.3 is 10.6 Å². The van der Waals surface area contributed by atoms with Gasteiger partial charge in [-0.1, -0.05) is 11.6 Å². The highest BCUT2D eigenvalue weighted by Crippen LogP contribution is 2.10. The summed E-state index contributed by atoms with van der Waals surface area (Å²) in [5, 5.41) is 5.59. The van der Waals surface area contributed by atoms with Crippen LogP contribution in [-0.4, -0.2) is 35.2 Å². The normalized spacial score (nSPS) is 11.9. The number of nitrogens with zero attached hydrogens (tertiary/aromatic N) is 2. The third-order valence-corrected chi connectivity index (χ3v) is 2.81. The first-order valence-electron chi connectivity index (χ1n) is 5.95. The van der Waals surface area contributed by atoms with E-state index < -0.39 is 11.4 Å². The van der Waals surface area contributed by atoms with Gasteiger partial charge in [-0.05, 0) is 32.9 Å². The summed E-state index contributed by atoms with van der Waals surface area (Å²) in [6, 6.07) is 3.00. The van der Waals surface area contributed by atoms with Crippen molar-refractivity contribution in [3.8, 4) is 0 Å². The van der Waals surface area contributed by atoms with E-state index in [-0.39, 0.29) is 11.6 Å². The maximum Gasteiger partial charge on any atom is 0.270 e. The first-order valence-corrected chi connectivity index (χ1v) is 6.33. The number of halogens is 1. The molecule has 2 N–H and O–H groups in total. The van der Waals surface area contributed by atoms with Crippen molar-refractivity contribution in [2.45, 2.75) is 26.3 Å². The highest BCUT2D eigenvalue weighted by atomic mass is 35.5. The Bertz CT molecular complexity index is 555. The lowest BCUT2D eigenvalue weighted by Gasteiger charge is -2.24. The molecular weight excluding hydrogens is 280 g/mol. The average molecular weight is 297 g/mol. The Morgan fingerprint density at radius 2 is 2.05 bits per heavy atom. The van der Waals surface area contributed by atoms with E-state index in [9.17, 15) is 9.59 Å². The van der Waals surface area contributed by atoms with Crippen molar-refractivity contribution < 1.29 is 9.59 Å². The summed E-state index contributed by atoms with van der Waals surface area (Å²) in [7, 11) is 1.57. The Morgan fingerprint density at radius 1 is 1.40 bits per heavy atom. The molecule has 0 atom stereocenters. The second kappa shape index (κ2) is 6.47. The van der Waals surface area contributed by atoms with Crippen molar-refractivity contribution in [1.82, 2.24) is 15.6 Å². The number of carbonyl (C=O) groups is 2. The molecule has 1 aromatic heterocycles. The second-order valence-corrected chi connectivity index (χ2v) is 5.14. The summed E-state index contributed by atoms with van der Waals surface area (Å²) >= 11 is 5.80. The molecule has 0 radical (unpaired) electrons. The maximum atomic E-state index is 12.0. The number of aromatic nitrogens is 1. The largest absolute Gasteiger partial charge is 0.337 e. The molecule has 0 aliphatic heterocycles. The van der Waals surface area contributed by atoms with Gasteiger partial charge in [0, 0.05) is 18.3 Å². The Balaban J connectivity index is 2.80. The first kappa shape index (κ1) is 16.1. The fraction of sp³-hybridized carbons (Fsp3) is 0.385. The van der Waals surface area contributed by atoms with Crippen molar-refractivity contribution in [2.75, 3.05) is 7.05 Å². The summed E-state index contributed by atoms with van der Waals surface area (Å²) in [4.78, 5) is 31.8. The van der Waals surface area contributed by atoms with Crippen LogP contribution in [-0.2, 0) is 4.79 Å². The molecule has 0 aliphatic carbocycles. The fourth-order valence-corrected chi connectivity index (χ4v) is 1.47. The number of hydrogen-bond acceptors (Lipinski definition) is 4. The molecule has 0 fully saturated rings. The smallest absolute Gasteiger partial charge is 0.270 e. The van der Waals surface area contributed by atoms with Crippen LogP contribution < -0.4 is 10.6 Å². The number of carbonyl (C=O) groups excluding carboxylic acids is 2. The molecule has 108 valence electrons. The van der Waals surface area contributed by atoms with Crippen LogP contribution in [0.3, 0.4) is 0 Å². The molecule has 0 spiro atoms. The van der Waals surface area contributed by atoms with Crippen molar-refractivity contribution in [1.29, 1.82) is 0 Å². The lowest BCUT2D eigenvalue weighted by atomic mass is 10.0. The van der Waals surface area contributed by atoms with Crippen LogP contribution in [0.2, 0.25) is 5.02 Å². The van der Waals surface area contributed by atoms with Gasteiger partial charge in [-0.25, -0.2) is 0 Å². The molecule has 0 saturated heterocycles. The Hall–Kier alpha value is -1.95. The molecule has 0 aliphatic rings. The fourth-order valence-electron chi connectivity index (χ4n) is 1.31. The number of hydrogen-bond donors (Lipinski definition) is 2. The summed E-state index contributed by atoms with van der Waals surface area (Å²) in [6.07, 6.45) is 1.43. The third kappa shape index (κ3) is 4.31. The second-order valence-electron chi connectivity index (χ2n) is 4.70. The summed E-state index contributed by atoms with van der Waals surface area (Å²) in [5.41, 5.74) is -0.952. The predicted molar refractivity (Wildman–Crippen MR) is 78.0 cm³/mol. The molecule has 1 rings (SSSR count). The van der Waals surface area contributed by atoms with E-state index in [2.05, 4.69) is 20.6 Å². The number of rotatable bonds is 3. The van der Waals surface area contributed by atoms with Gasteiger partial charge in [0.2, 0.25) is 5.91 Å². The van der Waals surface area contributed by atoms with E-state index in [1.807, 2.05) is 0 Å². The standard InChI is InChI=1S/C13H17ClN4O2/c1-8(15-4)17-12(20)13(2,3)18-11(19)10-7-9(14)5-6-16-10/h5-7H,1-4H3,(H,18,19)(H,15,17,20). The first-order chi connectivity index (χ1) is 9.26. The molecule has 2 amide bonds. The molecule has 0 saturated carbocycles. The molecular formula is C13H17ClN4O2. The monoisotopic (exact) mass is 296 g/mol. The van der Waals surface area contributed by atoms with Gasteiger partial charge in [0.15, 0.2) is 0 Å². The molecule has 1 heterocycles. The summed E-state index contributed by atoms with van der Waals surface area (Å²) < 4.78 is 0. The van der Waals surface area contributed by atoms with Gasteiger partial charge in [0.05, 0.1) is 5.84 Å². The quantitative estimate of drug-likeness (QED) is 0.653. The topological polar surface area (TPSA) is 83.5 Å². The number of pyridine rings is 1.